The molecule has 0 aromatic heterocycles. The Bertz CT molecular complexity index is 561. The van der Waals surface area contributed by atoms with Crippen molar-refractivity contribution < 1.29 is 0 Å². The lowest BCUT2D eigenvalue weighted by Gasteiger charge is -2.11. The first kappa shape index (κ1) is 10.1. The maximum atomic E-state index is 7.28. The van der Waals surface area contributed by atoms with Crippen LogP contribution in [0.2, 0.25) is 0 Å². The summed E-state index contributed by atoms with van der Waals surface area (Å²) in [4.78, 5) is 3.72. The van der Waals surface area contributed by atoms with Gasteiger partial charge in [-0.2, -0.15) is 0 Å². The molecule has 1 heteroatoms. The normalized spacial score (nSPS) is 14.8. The molecule has 17 heavy (non-hydrogen) atoms. The first-order valence-corrected chi connectivity index (χ1v) is 5.87. The Morgan fingerprint density at radius 1 is 0.941 bits per heavy atom. The fraction of sp³-hybridized carbons (Fsp3) is 0.188. The fourth-order valence-electron chi connectivity index (χ4n) is 2.79. The Balaban J connectivity index is 2.28. The van der Waals surface area contributed by atoms with Crippen molar-refractivity contribution in [2.24, 2.45) is 0 Å². The topological polar surface area (TPSA) is 4.36 Å². The van der Waals surface area contributed by atoms with Crippen LogP contribution >= 0.6 is 0 Å². The second-order valence-corrected chi connectivity index (χ2v) is 4.52. The standard InChI is InChI=1S/C16H13N/c1-11(17-2)16-14-9-5-3-7-12(14)13-8-4-6-10-15(13)16/h3-11,16H,1H3. The Morgan fingerprint density at radius 2 is 1.41 bits per heavy atom. The summed E-state index contributed by atoms with van der Waals surface area (Å²) in [5, 5.41) is 0. The van der Waals surface area contributed by atoms with Gasteiger partial charge in [0.05, 0.1) is 5.92 Å². The minimum absolute atomic E-state index is 0.000185. The van der Waals surface area contributed by atoms with Gasteiger partial charge in [0.1, 0.15) is 0 Å². The van der Waals surface area contributed by atoms with Gasteiger partial charge in [-0.1, -0.05) is 48.5 Å². The second kappa shape index (κ2) is 3.75. The van der Waals surface area contributed by atoms with Gasteiger partial charge in [-0.05, 0) is 22.3 Å². The van der Waals surface area contributed by atoms with Crippen LogP contribution < -0.4 is 0 Å². The highest BCUT2D eigenvalue weighted by molar-refractivity contribution is 5.79. The van der Waals surface area contributed by atoms with E-state index in [0.29, 0.717) is 0 Å². The van der Waals surface area contributed by atoms with Gasteiger partial charge >= 0.3 is 0 Å². The van der Waals surface area contributed by atoms with Crippen LogP contribution in [0.5, 0.6) is 0 Å². The first-order chi connectivity index (χ1) is 8.33. The van der Waals surface area contributed by atoms with Crippen molar-refractivity contribution in [3.05, 3.63) is 71.1 Å². The van der Waals surface area contributed by atoms with E-state index >= 15 is 0 Å². The van der Waals surface area contributed by atoms with E-state index in [9.17, 15) is 0 Å². The van der Waals surface area contributed by atoms with Crippen molar-refractivity contribution in [2.45, 2.75) is 18.9 Å². The number of fused-ring (bicyclic) bond motifs is 3. The van der Waals surface area contributed by atoms with Crippen molar-refractivity contribution in [1.29, 1.82) is 0 Å². The Kier molecular flexibility index (Phi) is 2.23. The number of rotatable bonds is 1. The largest absolute Gasteiger partial charge is 0.313 e. The first-order valence-electron chi connectivity index (χ1n) is 5.87. The third kappa shape index (κ3) is 1.38. The van der Waals surface area contributed by atoms with Crippen molar-refractivity contribution in [1.82, 2.24) is 0 Å². The third-order valence-corrected chi connectivity index (χ3v) is 3.57. The van der Waals surface area contributed by atoms with Crippen LogP contribution in [0, 0.1) is 6.57 Å². The van der Waals surface area contributed by atoms with Crippen LogP contribution in [-0.2, 0) is 0 Å². The smallest absolute Gasteiger partial charge is 0.231 e. The fourth-order valence-corrected chi connectivity index (χ4v) is 2.79. The van der Waals surface area contributed by atoms with Crippen LogP contribution in [0.3, 0.4) is 0 Å². The molecule has 1 nitrogen and oxygen atoms in total. The van der Waals surface area contributed by atoms with E-state index in [1.165, 1.54) is 22.3 Å². The second-order valence-electron chi connectivity index (χ2n) is 4.52. The van der Waals surface area contributed by atoms with E-state index in [-0.39, 0.29) is 12.0 Å². The predicted octanol–water partition coefficient (Wildman–Crippen LogP) is 4.11. The van der Waals surface area contributed by atoms with Gasteiger partial charge in [0.2, 0.25) is 6.04 Å². The van der Waals surface area contributed by atoms with Gasteiger partial charge in [-0.25, -0.2) is 6.57 Å². The monoisotopic (exact) mass is 219 g/mol. The van der Waals surface area contributed by atoms with Crippen LogP contribution in [0.1, 0.15) is 24.0 Å². The van der Waals surface area contributed by atoms with Gasteiger partial charge in [0.25, 0.3) is 0 Å². The van der Waals surface area contributed by atoms with Crippen molar-refractivity contribution in [2.75, 3.05) is 0 Å². The molecule has 0 saturated carbocycles. The van der Waals surface area contributed by atoms with Crippen molar-refractivity contribution in [3.8, 4) is 11.1 Å². The van der Waals surface area contributed by atoms with Crippen molar-refractivity contribution >= 4 is 0 Å². The molecule has 1 aliphatic rings. The highest BCUT2D eigenvalue weighted by Gasteiger charge is 2.34. The zero-order valence-electron chi connectivity index (χ0n) is 9.72. The molecular weight excluding hydrogens is 206 g/mol. The van der Waals surface area contributed by atoms with E-state index < -0.39 is 0 Å². The summed E-state index contributed by atoms with van der Waals surface area (Å²) in [6.07, 6.45) is 0. The molecule has 1 atom stereocenters. The Morgan fingerprint density at radius 3 is 1.88 bits per heavy atom. The summed E-state index contributed by atoms with van der Waals surface area (Å²) >= 11 is 0. The van der Waals surface area contributed by atoms with Gasteiger partial charge in [-0.15, -0.1) is 0 Å². The maximum absolute atomic E-state index is 7.28. The molecule has 2 aromatic carbocycles. The lowest BCUT2D eigenvalue weighted by molar-refractivity contribution is 0.740. The highest BCUT2D eigenvalue weighted by atomic mass is 14.7. The molecule has 0 heterocycles. The van der Waals surface area contributed by atoms with Crippen LogP contribution in [0.15, 0.2) is 48.5 Å². The molecule has 0 fully saturated rings. The SMILES string of the molecule is [C-]#[N+]C(C)C1c2ccccc2-c2ccccc21. The molecule has 2 aromatic rings. The average molecular weight is 219 g/mol. The van der Waals surface area contributed by atoms with E-state index in [2.05, 4.69) is 53.4 Å². The van der Waals surface area contributed by atoms with Crippen LogP contribution in [-0.4, -0.2) is 6.04 Å². The molecule has 1 unspecified atom stereocenters. The number of hydrogen-bond acceptors (Lipinski definition) is 0. The van der Waals surface area contributed by atoms with E-state index in [1.807, 2.05) is 6.92 Å². The molecule has 0 saturated heterocycles. The minimum atomic E-state index is -0.000185. The predicted molar refractivity (Wildman–Crippen MR) is 69.8 cm³/mol. The Labute approximate surface area is 102 Å². The highest BCUT2D eigenvalue weighted by Crippen LogP contribution is 2.46. The molecule has 0 radical (unpaired) electrons. The summed E-state index contributed by atoms with van der Waals surface area (Å²) in [5.74, 6) is 0.236. The average Bonchev–Trinajstić information content (AvgIpc) is 2.72. The van der Waals surface area contributed by atoms with E-state index in [0.717, 1.165) is 0 Å². The zero-order chi connectivity index (χ0) is 11.8. The summed E-state index contributed by atoms with van der Waals surface area (Å²) in [6.45, 7) is 9.29. The minimum Gasteiger partial charge on any atom is -0.313 e. The molecule has 0 N–H and O–H groups in total. The molecule has 0 spiro atoms. The molecular formula is C16H13N. The quantitative estimate of drug-likeness (QED) is 0.636. The molecule has 0 aliphatic heterocycles. The number of nitrogens with zero attached hydrogens (tertiary/aromatic N) is 1. The summed E-state index contributed by atoms with van der Waals surface area (Å²) in [7, 11) is 0. The van der Waals surface area contributed by atoms with Gasteiger partial charge in [-0.3, -0.25) is 0 Å². The molecule has 3 rings (SSSR count). The van der Waals surface area contributed by atoms with Crippen molar-refractivity contribution in [3.63, 3.8) is 0 Å². The van der Waals surface area contributed by atoms with E-state index in [1.54, 1.807) is 0 Å². The summed E-state index contributed by atoms with van der Waals surface area (Å²) < 4.78 is 0. The van der Waals surface area contributed by atoms with Gasteiger partial charge < -0.3 is 4.85 Å². The zero-order valence-corrected chi connectivity index (χ0v) is 9.72. The molecule has 0 amide bonds. The lowest BCUT2D eigenvalue weighted by Crippen LogP contribution is -2.10. The molecule has 1 aliphatic carbocycles. The lowest BCUT2D eigenvalue weighted by atomic mass is 9.91. The van der Waals surface area contributed by atoms with Crippen LogP contribution in [0.4, 0.5) is 0 Å². The maximum Gasteiger partial charge on any atom is 0.231 e. The van der Waals surface area contributed by atoms with Gasteiger partial charge in [0.15, 0.2) is 0 Å². The third-order valence-electron chi connectivity index (χ3n) is 3.57. The number of benzene rings is 2. The van der Waals surface area contributed by atoms with Gasteiger partial charge in [0, 0.05) is 6.92 Å². The van der Waals surface area contributed by atoms with E-state index in [4.69, 9.17) is 6.57 Å². The number of hydrogen-bond donors (Lipinski definition) is 0. The molecule has 82 valence electrons. The summed E-state index contributed by atoms with van der Waals surface area (Å²) in [6, 6.07) is 16.9. The summed E-state index contributed by atoms with van der Waals surface area (Å²) in [5.41, 5.74) is 5.20. The molecule has 0 bridgehead atoms. The van der Waals surface area contributed by atoms with Crippen LogP contribution in [0.25, 0.3) is 16.0 Å². The Hall–Kier alpha value is -2.07.